The first-order chi connectivity index (χ1) is 9.85. The van der Waals surface area contributed by atoms with E-state index < -0.39 is 22.2 Å². The summed E-state index contributed by atoms with van der Waals surface area (Å²) in [6.45, 7) is 2.06. The van der Waals surface area contributed by atoms with Crippen molar-refractivity contribution in [2.24, 2.45) is 5.41 Å². The van der Waals surface area contributed by atoms with Crippen molar-refractivity contribution >= 4 is 17.6 Å². The summed E-state index contributed by atoms with van der Waals surface area (Å²) in [6, 6.07) is 5.72. The van der Waals surface area contributed by atoms with E-state index in [1.165, 1.54) is 23.1 Å². The van der Waals surface area contributed by atoms with Crippen molar-refractivity contribution in [2.45, 2.75) is 19.8 Å². The third-order valence-corrected chi connectivity index (χ3v) is 3.83. The Labute approximate surface area is 121 Å². The Hall–Kier alpha value is -2.44. The number of aliphatic carboxylic acids is 1. The van der Waals surface area contributed by atoms with Crippen molar-refractivity contribution in [3.63, 3.8) is 0 Å². The summed E-state index contributed by atoms with van der Waals surface area (Å²) in [5.41, 5.74) is -1.26. The van der Waals surface area contributed by atoms with E-state index in [9.17, 15) is 24.8 Å². The van der Waals surface area contributed by atoms with Crippen LogP contribution in [0.2, 0.25) is 0 Å². The van der Waals surface area contributed by atoms with Gasteiger partial charge in [0.15, 0.2) is 0 Å². The highest BCUT2D eigenvalue weighted by atomic mass is 16.6. The zero-order chi connectivity index (χ0) is 15.6. The van der Waals surface area contributed by atoms with Gasteiger partial charge >= 0.3 is 5.97 Å². The zero-order valence-electron chi connectivity index (χ0n) is 11.6. The summed E-state index contributed by atoms with van der Waals surface area (Å²) < 4.78 is 0. The second kappa shape index (κ2) is 5.51. The fourth-order valence-electron chi connectivity index (χ4n) is 2.57. The number of carboxylic acid groups (broad SMARTS) is 1. The van der Waals surface area contributed by atoms with Crippen molar-refractivity contribution < 1.29 is 19.6 Å². The summed E-state index contributed by atoms with van der Waals surface area (Å²) in [6.07, 6.45) is 1.05. The Morgan fingerprint density at radius 1 is 1.38 bits per heavy atom. The lowest BCUT2D eigenvalue weighted by Gasteiger charge is -2.37. The summed E-state index contributed by atoms with van der Waals surface area (Å²) >= 11 is 0. The van der Waals surface area contributed by atoms with E-state index in [2.05, 4.69) is 0 Å². The van der Waals surface area contributed by atoms with Crippen LogP contribution >= 0.6 is 0 Å². The van der Waals surface area contributed by atoms with Crippen molar-refractivity contribution in [2.75, 3.05) is 13.1 Å². The molecule has 0 radical (unpaired) electrons. The fourth-order valence-corrected chi connectivity index (χ4v) is 2.57. The summed E-state index contributed by atoms with van der Waals surface area (Å²) in [4.78, 5) is 35.5. The quantitative estimate of drug-likeness (QED) is 0.677. The number of carbonyl (C=O) groups is 2. The molecule has 0 aliphatic carbocycles. The first kappa shape index (κ1) is 15.0. The lowest BCUT2D eigenvalue weighted by Crippen LogP contribution is -2.48. The van der Waals surface area contributed by atoms with E-state index >= 15 is 0 Å². The predicted molar refractivity (Wildman–Crippen MR) is 74.0 cm³/mol. The van der Waals surface area contributed by atoms with Crippen LogP contribution in [0.5, 0.6) is 0 Å². The maximum absolute atomic E-state index is 12.5. The first-order valence-corrected chi connectivity index (χ1v) is 6.61. The van der Waals surface area contributed by atoms with Gasteiger partial charge in [-0.1, -0.05) is 12.1 Å². The molecule has 1 aromatic carbocycles. The van der Waals surface area contributed by atoms with Gasteiger partial charge in [0.05, 0.1) is 10.3 Å². The summed E-state index contributed by atoms with van der Waals surface area (Å²) in [7, 11) is 0. The largest absolute Gasteiger partial charge is 0.481 e. The number of amides is 1. The lowest BCUT2D eigenvalue weighted by atomic mass is 9.82. The number of benzene rings is 1. The number of piperidine rings is 1. The van der Waals surface area contributed by atoms with E-state index in [1.807, 2.05) is 0 Å². The molecule has 1 aliphatic rings. The molecule has 1 aromatic rings. The van der Waals surface area contributed by atoms with Crippen LogP contribution in [0.15, 0.2) is 24.3 Å². The highest BCUT2D eigenvalue weighted by Crippen LogP contribution is 2.31. The Kier molecular flexibility index (Phi) is 3.93. The number of hydrogen-bond acceptors (Lipinski definition) is 4. The van der Waals surface area contributed by atoms with Gasteiger partial charge in [0.25, 0.3) is 11.6 Å². The second-order valence-electron chi connectivity index (χ2n) is 5.47. The molecule has 1 aliphatic heterocycles. The molecule has 1 heterocycles. The molecule has 1 atom stereocenters. The lowest BCUT2D eigenvalue weighted by molar-refractivity contribution is -0.385. The molecule has 0 saturated carbocycles. The monoisotopic (exact) mass is 292 g/mol. The van der Waals surface area contributed by atoms with Gasteiger partial charge in [-0.2, -0.15) is 0 Å². The Morgan fingerprint density at radius 3 is 2.67 bits per heavy atom. The molecule has 7 nitrogen and oxygen atoms in total. The van der Waals surface area contributed by atoms with E-state index in [4.69, 9.17) is 0 Å². The molecule has 0 bridgehead atoms. The highest BCUT2D eigenvalue weighted by Gasteiger charge is 2.40. The maximum atomic E-state index is 12.5. The van der Waals surface area contributed by atoms with Gasteiger partial charge in [0.1, 0.15) is 5.56 Å². The maximum Gasteiger partial charge on any atom is 0.311 e. The summed E-state index contributed by atoms with van der Waals surface area (Å²) in [5, 5.41) is 20.2. The normalized spacial score (nSPS) is 21.9. The summed E-state index contributed by atoms with van der Waals surface area (Å²) in [5.74, 6) is -1.45. The molecule has 1 N–H and O–H groups in total. The average Bonchev–Trinajstić information content (AvgIpc) is 2.46. The standard InChI is InChI=1S/C14H16N2O5/c1-14(13(18)19)7-4-8-15(9-14)12(17)10-5-2-3-6-11(10)16(20)21/h2-3,5-6H,4,7-9H2,1H3,(H,18,19). The molecule has 0 spiro atoms. The predicted octanol–water partition coefficient (Wildman–Crippen LogP) is 1.92. The molecular weight excluding hydrogens is 276 g/mol. The molecular formula is C14H16N2O5. The van der Waals surface area contributed by atoms with Crippen molar-refractivity contribution in [3.8, 4) is 0 Å². The number of rotatable bonds is 3. The van der Waals surface area contributed by atoms with Crippen molar-refractivity contribution in [1.29, 1.82) is 0 Å². The van der Waals surface area contributed by atoms with Gasteiger partial charge in [-0.25, -0.2) is 0 Å². The smallest absolute Gasteiger partial charge is 0.311 e. The van der Waals surface area contributed by atoms with Gasteiger partial charge in [-0.15, -0.1) is 0 Å². The fraction of sp³-hybridized carbons (Fsp3) is 0.429. The molecule has 1 amide bonds. The molecule has 1 unspecified atom stereocenters. The van der Waals surface area contributed by atoms with Crippen molar-refractivity contribution in [3.05, 3.63) is 39.9 Å². The van der Waals surface area contributed by atoms with E-state index in [0.29, 0.717) is 19.4 Å². The van der Waals surface area contributed by atoms with Crippen molar-refractivity contribution in [1.82, 2.24) is 4.90 Å². The Balaban J connectivity index is 2.29. The molecule has 112 valence electrons. The Morgan fingerprint density at radius 2 is 2.05 bits per heavy atom. The minimum absolute atomic E-state index is 0.00265. The third kappa shape index (κ3) is 2.86. The van der Waals surface area contributed by atoms with Crippen LogP contribution in [-0.4, -0.2) is 39.9 Å². The van der Waals surface area contributed by atoms with Gasteiger partial charge in [0.2, 0.25) is 0 Å². The topological polar surface area (TPSA) is 101 Å². The average molecular weight is 292 g/mol. The number of para-hydroxylation sites is 1. The van der Waals surface area contributed by atoms with Crippen LogP contribution < -0.4 is 0 Å². The zero-order valence-corrected chi connectivity index (χ0v) is 11.6. The molecule has 7 heteroatoms. The van der Waals surface area contributed by atoms with Gasteiger partial charge < -0.3 is 10.0 Å². The van der Waals surface area contributed by atoms with Crippen LogP contribution in [0.25, 0.3) is 0 Å². The second-order valence-corrected chi connectivity index (χ2v) is 5.47. The van der Waals surface area contributed by atoms with Gasteiger partial charge in [0, 0.05) is 19.2 Å². The first-order valence-electron chi connectivity index (χ1n) is 6.61. The number of carbonyl (C=O) groups excluding carboxylic acids is 1. The number of carboxylic acids is 1. The van der Waals surface area contributed by atoms with E-state index in [1.54, 1.807) is 13.0 Å². The van der Waals surface area contributed by atoms with Crippen LogP contribution in [0.4, 0.5) is 5.69 Å². The van der Waals surface area contributed by atoms with E-state index in [0.717, 1.165) is 0 Å². The van der Waals surface area contributed by atoms with Crippen LogP contribution in [0, 0.1) is 15.5 Å². The number of likely N-dealkylation sites (tertiary alicyclic amines) is 1. The molecule has 2 rings (SSSR count). The molecule has 0 aromatic heterocycles. The van der Waals surface area contributed by atoms with Crippen LogP contribution in [-0.2, 0) is 4.79 Å². The molecule has 1 fully saturated rings. The minimum Gasteiger partial charge on any atom is -0.481 e. The number of nitro benzene ring substituents is 1. The van der Waals surface area contributed by atoms with Crippen LogP contribution in [0.1, 0.15) is 30.1 Å². The van der Waals surface area contributed by atoms with Gasteiger partial charge in [-0.3, -0.25) is 19.7 Å². The van der Waals surface area contributed by atoms with Crippen LogP contribution in [0.3, 0.4) is 0 Å². The molecule has 21 heavy (non-hydrogen) atoms. The SMILES string of the molecule is CC1(C(=O)O)CCCN(C(=O)c2ccccc2[N+](=O)[O-])C1. The number of nitrogens with zero attached hydrogens (tertiary/aromatic N) is 2. The Bertz CT molecular complexity index is 601. The minimum atomic E-state index is -1.00. The van der Waals surface area contributed by atoms with E-state index in [-0.39, 0.29) is 17.8 Å². The van der Waals surface area contributed by atoms with Gasteiger partial charge in [-0.05, 0) is 25.8 Å². The molecule has 1 saturated heterocycles. The highest BCUT2D eigenvalue weighted by molar-refractivity contribution is 5.98. The third-order valence-electron chi connectivity index (χ3n) is 3.83. The number of nitro groups is 1. The number of hydrogen-bond donors (Lipinski definition) is 1.